The summed E-state index contributed by atoms with van der Waals surface area (Å²) in [5.74, 6) is -0.324. The SMILES string of the molecule is CC(C)(C#N)n1cnc(C(=O)NCc2cc3nc(-c4ccccc4)ccc3cn2)c1. The number of carbonyl (C=O) groups excluding carboxylic acids is 1. The third kappa shape index (κ3) is 3.89. The smallest absolute Gasteiger partial charge is 0.271 e. The van der Waals surface area contributed by atoms with Crippen molar-refractivity contribution in [3.63, 3.8) is 0 Å². The van der Waals surface area contributed by atoms with E-state index in [-0.39, 0.29) is 18.1 Å². The Kier molecular flexibility index (Phi) is 4.98. The number of hydrogen-bond acceptors (Lipinski definition) is 5. The fourth-order valence-corrected chi connectivity index (χ4v) is 2.99. The van der Waals surface area contributed by atoms with Gasteiger partial charge in [-0.15, -0.1) is 0 Å². The molecule has 7 heteroatoms. The van der Waals surface area contributed by atoms with Gasteiger partial charge in [0.2, 0.25) is 0 Å². The summed E-state index contributed by atoms with van der Waals surface area (Å²) in [4.78, 5) is 25.7. The van der Waals surface area contributed by atoms with Gasteiger partial charge in [0, 0.05) is 23.3 Å². The number of nitriles is 1. The van der Waals surface area contributed by atoms with E-state index in [1.807, 2.05) is 48.5 Å². The molecule has 1 amide bonds. The lowest BCUT2D eigenvalue weighted by atomic mass is 10.1. The molecule has 0 spiro atoms. The molecule has 0 bridgehead atoms. The summed E-state index contributed by atoms with van der Waals surface area (Å²) in [7, 11) is 0. The highest BCUT2D eigenvalue weighted by Gasteiger charge is 2.21. The van der Waals surface area contributed by atoms with Gasteiger partial charge in [-0.1, -0.05) is 30.3 Å². The molecule has 0 aliphatic rings. The molecule has 0 aliphatic carbocycles. The minimum absolute atomic E-state index is 0.251. The molecule has 0 atom stereocenters. The van der Waals surface area contributed by atoms with Crippen LogP contribution in [0.4, 0.5) is 0 Å². The van der Waals surface area contributed by atoms with Gasteiger partial charge in [0.25, 0.3) is 5.91 Å². The van der Waals surface area contributed by atoms with Crippen LogP contribution in [-0.2, 0) is 12.1 Å². The number of rotatable bonds is 5. The molecule has 4 rings (SSSR count). The van der Waals surface area contributed by atoms with E-state index in [1.165, 1.54) is 6.33 Å². The lowest BCUT2D eigenvalue weighted by molar-refractivity contribution is 0.0945. The number of carbonyl (C=O) groups is 1. The maximum absolute atomic E-state index is 12.4. The Labute approximate surface area is 174 Å². The first kappa shape index (κ1) is 19.3. The average Bonchev–Trinajstić information content (AvgIpc) is 3.29. The van der Waals surface area contributed by atoms with Crippen molar-refractivity contribution in [3.8, 4) is 17.3 Å². The number of aromatic nitrogens is 4. The molecule has 4 aromatic rings. The van der Waals surface area contributed by atoms with Crippen LogP contribution in [0.1, 0.15) is 30.0 Å². The maximum Gasteiger partial charge on any atom is 0.271 e. The third-order valence-corrected chi connectivity index (χ3v) is 4.86. The largest absolute Gasteiger partial charge is 0.345 e. The van der Waals surface area contributed by atoms with Gasteiger partial charge in [-0.05, 0) is 32.0 Å². The first-order valence-corrected chi connectivity index (χ1v) is 9.51. The van der Waals surface area contributed by atoms with E-state index in [0.29, 0.717) is 5.69 Å². The van der Waals surface area contributed by atoms with E-state index in [1.54, 1.807) is 30.8 Å². The second-order valence-electron chi connectivity index (χ2n) is 7.45. The number of nitrogens with one attached hydrogen (secondary N) is 1. The maximum atomic E-state index is 12.4. The Bertz CT molecular complexity index is 1250. The van der Waals surface area contributed by atoms with Crippen LogP contribution >= 0.6 is 0 Å². The van der Waals surface area contributed by atoms with Gasteiger partial charge < -0.3 is 9.88 Å². The number of hydrogen-bond donors (Lipinski definition) is 1. The van der Waals surface area contributed by atoms with E-state index in [4.69, 9.17) is 4.98 Å². The second-order valence-corrected chi connectivity index (χ2v) is 7.45. The zero-order valence-corrected chi connectivity index (χ0v) is 16.7. The standard InChI is InChI=1S/C23H20N6O/c1-23(2,14-24)29-13-21(27-15-29)22(30)26-12-18-10-20-17(11-25-18)8-9-19(28-20)16-6-4-3-5-7-16/h3-11,13,15H,12H2,1-2H3,(H,26,30). The molecule has 30 heavy (non-hydrogen) atoms. The lowest BCUT2D eigenvalue weighted by Crippen LogP contribution is -2.25. The van der Waals surface area contributed by atoms with Crippen LogP contribution in [0.15, 0.2) is 67.3 Å². The summed E-state index contributed by atoms with van der Waals surface area (Å²) in [5, 5.41) is 13.0. The molecular formula is C23H20N6O. The Hall–Kier alpha value is -4.05. The van der Waals surface area contributed by atoms with Crippen molar-refractivity contribution in [1.82, 2.24) is 24.8 Å². The summed E-state index contributed by atoms with van der Waals surface area (Å²) >= 11 is 0. The van der Waals surface area contributed by atoms with E-state index < -0.39 is 5.54 Å². The van der Waals surface area contributed by atoms with Gasteiger partial charge in [-0.2, -0.15) is 5.26 Å². The predicted octanol–water partition coefficient (Wildman–Crippen LogP) is 3.68. The number of amides is 1. The summed E-state index contributed by atoms with van der Waals surface area (Å²) in [5.41, 5.74) is 2.93. The van der Waals surface area contributed by atoms with Crippen LogP contribution in [0.5, 0.6) is 0 Å². The highest BCUT2D eigenvalue weighted by molar-refractivity contribution is 5.92. The molecule has 0 aliphatic heterocycles. The highest BCUT2D eigenvalue weighted by atomic mass is 16.1. The lowest BCUT2D eigenvalue weighted by Gasteiger charge is -2.16. The van der Waals surface area contributed by atoms with Gasteiger partial charge in [-0.25, -0.2) is 9.97 Å². The minimum atomic E-state index is -0.770. The first-order chi connectivity index (χ1) is 14.5. The zero-order valence-electron chi connectivity index (χ0n) is 16.7. The van der Waals surface area contributed by atoms with Crippen molar-refractivity contribution in [2.45, 2.75) is 25.9 Å². The molecule has 148 valence electrons. The first-order valence-electron chi connectivity index (χ1n) is 9.51. The van der Waals surface area contributed by atoms with Crippen LogP contribution in [0.3, 0.4) is 0 Å². The van der Waals surface area contributed by atoms with Gasteiger partial charge in [0.1, 0.15) is 11.2 Å². The van der Waals surface area contributed by atoms with Gasteiger partial charge >= 0.3 is 0 Å². The molecule has 0 saturated heterocycles. The van der Waals surface area contributed by atoms with Gasteiger partial charge in [0.05, 0.1) is 35.8 Å². The van der Waals surface area contributed by atoms with Crippen molar-refractivity contribution in [3.05, 3.63) is 78.6 Å². The molecule has 1 N–H and O–H groups in total. The number of pyridine rings is 2. The van der Waals surface area contributed by atoms with E-state index in [9.17, 15) is 10.1 Å². The van der Waals surface area contributed by atoms with E-state index >= 15 is 0 Å². The molecule has 3 aromatic heterocycles. The number of benzene rings is 1. The number of imidazole rings is 1. The summed E-state index contributed by atoms with van der Waals surface area (Å²) in [6.07, 6.45) is 4.81. The summed E-state index contributed by atoms with van der Waals surface area (Å²) < 4.78 is 1.62. The molecular weight excluding hydrogens is 376 g/mol. The second kappa shape index (κ2) is 7.76. The summed E-state index contributed by atoms with van der Waals surface area (Å²) in [6.45, 7) is 3.76. The number of nitrogens with zero attached hydrogens (tertiary/aromatic N) is 5. The Morgan fingerprint density at radius 3 is 2.73 bits per heavy atom. The quantitative estimate of drug-likeness (QED) is 0.555. The Balaban J connectivity index is 1.50. The monoisotopic (exact) mass is 396 g/mol. The molecule has 0 radical (unpaired) electrons. The molecule has 0 fully saturated rings. The van der Waals surface area contributed by atoms with Crippen molar-refractivity contribution in [1.29, 1.82) is 5.26 Å². The predicted molar refractivity (Wildman–Crippen MR) is 113 cm³/mol. The number of fused-ring (bicyclic) bond motifs is 1. The summed E-state index contributed by atoms with van der Waals surface area (Å²) in [6, 6.07) is 18.0. The topological polar surface area (TPSA) is 96.5 Å². The van der Waals surface area contributed by atoms with Crippen molar-refractivity contribution >= 4 is 16.8 Å². The fourth-order valence-electron chi connectivity index (χ4n) is 2.99. The Morgan fingerprint density at radius 2 is 1.97 bits per heavy atom. The molecule has 1 aromatic carbocycles. The van der Waals surface area contributed by atoms with Gasteiger partial charge in [0.15, 0.2) is 0 Å². The fraction of sp³-hybridized carbons (Fsp3) is 0.174. The van der Waals surface area contributed by atoms with E-state index in [0.717, 1.165) is 22.2 Å². The normalized spacial score (nSPS) is 11.2. The highest BCUT2D eigenvalue weighted by Crippen LogP contribution is 2.21. The Morgan fingerprint density at radius 1 is 1.17 bits per heavy atom. The van der Waals surface area contributed by atoms with Crippen LogP contribution in [0, 0.1) is 11.3 Å². The zero-order chi connectivity index (χ0) is 21.1. The van der Waals surface area contributed by atoms with Crippen LogP contribution < -0.4 is 5.32 Å². The third-order valence-electron chi connectivity index (χ3n) is 4.86. The molecule has 7 nitrogen and oxygen atoms in total. The molecule has 0 unspecified atom stereocenters. The van der Waals surface area contributed by atoms with Crippen LogP contribution in [-0.4, -0.2) is 25.4 Å². The molecule has 3 heterocycles. The van der Waals surface area contributed by atoms with Crippen LogP contribution in [0.2, 0.25) is 0 Å². The van der Waals surface area contributed by atoms with Gasteiger partial charge in [-0.3, -0.25) is 9.78 Å². The van der Waals surface area contributed by atoms with Crippen molar-refractivity contribution < 1.29 is 4.79 Å². The van der Waals surface area contributed by atoms with Crippen LogP contribution in [0.25, 0.3) is 22.2 Å². The molecule has 0 saturated carbocycles. The van der Waals surface area contributed by atoms with Crippen molar-refractivity contribution in [2.75, 3.05) is 0 Å². The van der Waals surface area contributed by atoms with E-state index in [2.05, 4.69) is 21.4 Å². The minimum Gasteiger partial charge on any atom is -0.345 e. The van der Waals surface area contributed by atoms with Crippen molar-refractivity contribution in [2.24, 2.45) is 0 Å². The average molecular weight is 396 g/mol.